The number of hydrogen-bond acceptors (Lipinski definition) is 6. The van der Waals surface area contributed by atoms with Crippen molar-refractivity contribution in [2.75, 3.05) is 18.0 Å². The molecule has 2 aliphatic heterocycles. The molecular weight excluding hydrogens is 464 g/mol. The van der Waals surface area contributed by atoms with Crippen LogP contribution in [0.5, 0.6) is 0 Å². The third-order valence-corrected chi connectivity index (χ3v) is 7.64. The number of benzene rings is 1. The van der Waals surface area contributed by atoms with Crippen LogP contribution in [0.2, 0.25) is 0 Å². The summed E-state index contributed by atoms with van der Waals surface area (Å²) in [4.78, 5) is 46.1. The minimum atomic E-state index is -0.0757. The lowest BCUT2D eigenvalue weighted by Crippen LogP contribution is -2.45. The summed E-state index contributed by atoms with van der Waals surface area (Å²) in [6.45, 7) is 7.77. The summed E-state index contributed by atoms with van der Waals surface area (Å²) < 4.78 is 0. The molecule has 0 N–H and O–H groups in total. The number of amides is 2. The molecule has 2 bridgehead atoms. The van der Waals surface area contributed by atoms with E-state index >= 15 is 0 Å². The van der Waals surface area contributed by atoms with E-state index in [1.807, 2.05) is 60.3 Å². The summed E-state index contributed by atoms with van der Waals surface area (Å²) in [7, 11) is 0. The molecule has 2 atom stereocenters. The van der Waals surface area contributed by atoms with Gasteiger partial charge in [-0.3, -0.25) is 19.5 Å². The highest BCUT2D eigenvalue weighted by atomic mass is 16.2. The topological polar surface area (TPSA) is 82.5 Å². The summed E-state index contributed by atoms with van der Waals surface area (Å²) in [6, 6.07) is 12.6. The number of nitrogens with zero attached hydrogens (tertiary/aromatic N) is 6. The molecule has 1 fully saturated rings. The van der Waals surface area contributed by atoms with Crippen LogP contribution >= 0.6 is 0 Å². The van der Waals surface area contributed by atoms with Gasteiger partial charge >= 0.3 is 0 Å². The number of rotatable bonds is 3. The van der Waals surface area contributed by atoms with Crippen molar-refractivity contribution in [3.63, 3.8) is 0 Å². The van der Waals surface area contributed by atoms with Crippen LogP contribution in [0.1, 0.15) is 59.2 Å². The molecule has 1 saturated heterocycles. The molecule has 0 unspecified atom stereocenters. The van der Waals surface area contributed by atoms with E-state index in [1.165, 1.54) is 5.56 Å². The van der Waals surface area contributed by atoms with E-state index in [1.54, 1.807) is 13.1 Å². The Bertz CT molecular complexity index is 1280. The Balaban J connectivity index is 1.55. The Morgan fingerprint density at radius 3 is 2.51 bits per heavy atom. The van der Waals surface area contributed by atoms with Crippen LogP contribution in [0.4, 0.5) is 5.69 Å². The molecule has 4 heterocycles. The second-order valence-electron chi connectivity index (χ2n) is 10.1. The van der Waals surface area contributed by atoms with Gasteiger partial charge in [0.25, 0.3) is 5.91 Å². The standard InChI is InChI=1S/C29H34N6O2/c1-20-27(16-31-21(2)32-20)29(37)33-18-24-6-4-5-7-28(24)34(22(3)36)15-12-25-8-9-26(19-33)35(25)17-23-10-13-30-14-11-23/h4-7,10-11,13-14,16,25-26H,8-9,12,15,17-19H2,1-3H3/t25-,26+/m1/s1. The molecule has 0 aliphatic carbocycles. The predicted molar refractivity (Wildman–Crippen MR) is 142 cm³/mol. The number of hydrogen-bond donors (Lipinski definition) is 0. The van der Waals surface area contributed by atoms with Crippen LogP contribution in [0.15, 0.2) is 55.0 Å². The van der Waals surface area contributed by atoms with E-state index in [4.69, 9.17) is 0 Å². The van der Waals surface area contributed by atoms with Crippen molar-refractivity contribution >= 4 is 17.5 Å². The van der Waals surface area contributed by atoms with Gasteiger partial charge in [-0.1, -0.05) is 18.2 Å². The molecule has 8 heteroatoms. The first-order chi connectivity index (χ1) is 17.9. The Kier molecular flexibility index (Phi) is 7.28. The molecule has 2 amide bonds. The Morgan fingerprint density at radius 2 is 1.76 bits per heavy atom. The van der Waals surface area contributed by atoms with Crippen molar-refractivity contribution in [3.05, 3.63) is 83.2 Å². The van der Waals surface area contributed by atoms with Gasteiger partial charge in [0.1, 0.15) is 5.82 Å². The van der Waals surface area contributed by atoms with Crippen LogP contribution in [0, 0.1) is 13.8 Å². The molecule has 0 saturated carbocycles. The van der Waals surface area contributed by atoms with Gasteiger partial charge in [-0.05, 0) is 62.4 Å². The fourth-order valence-corrected chi connectivity index (χ4v) is 5.75. The Hall–Kier alpha value is -3.65. The zero-order chi connectivity index (χ0) is 25.9. The molecule has 192 valence electrons. The molecule has 0 spiro atoms. The summed E-state index contributed by atoms with van der Waals surface area (Å²) >= 11 is 0. The van der Waals surface area contributed by atoms with Crippen LogP contribution in [-0.2, 0) is 17.9 Å². The minimum absolute atomic E-state index is 0.0163. The van der Waals surface area contributed by atoms with Crippen LogP contribution in [0.25, 0.3) is 0 Å². The van der Waals surface area contributed by atoms with Gasteiger partial charge in [-0.15, -0.1) is 0 Å². The Morgan fingerprint density at radius 1 is 1.00 bits per heavy atom. The largest absolute Gasteiger partial charge is 0.333 e. The molecule has 37 heavy (non-hydrogen) atoms. The van der Waals surface area contributed by atoms with Gasteiger partial charge in [0.05, 0.1) is 11.3 Å². The van der Waals surface area contributed by atoms with Crippen LogP contribution in [-0.4, -0.2) is 61.7 Å². The number of carbonyl (C=O) groups is 2. The lowest BCUT2D eigenvalue weighted by atomic mass is 10.1. The molecule has 2 aromatic heterocycles. The summed E-state index contributed by atoms with van der Waals surface area (Å²) in [5, 5.41) is 0. The number of pyridine rings is 1. The minimum Gasteiger partial charge on any atom is -0.333 e. The zero-order valence-corrected chi connectivity index (χ0v) is 21.8. The average molecular weight is 499 g/mol. The molecule has 3 aromatic rings. The molecule has 5 rings (SSSR count). The third kappa shape index (κ3) is 5.39. The number of carbonyl (C=O) groups excluding carboxylic acids is 2. The normalized spacial score (nSPS) is 20.3. The molecule has 8 nitrogen and oxygen atoms in total. The van der Waals surface area contributed by atoms with E-state index in [0.29, 0.717) is 42.8 Å². The summed E-state index contributed by atoms with van der Waals surface area (Å²) in [5.74, 6) is 0.590. The molecular formula is C29H34N6O2. The lowest BCUT2D eigenvalue weighted by Gasteiger charge is -2.34. The van der Waals surface area contributed by atoms with Crippen molar-refractivity contribution < 1.29 is 9.59 Å². The average Bonchev–Trinajstić information content (AvgIpc) is 3.24. The number of aryl methyl sites for hydroxylation is 2. The smallest absolute Gasteiger partial charge is 0.257 e. The third-order valence-electron chi connectivity index (χ3n) is 7.64. The summed E-state index contributed by atoms with van der Waals surface area (Å²) in [6.07, 6.45) is 8.23. The van der Waals surface area contributed by atoms with Gasteiger partial charge in [-0.25, -0.2) is 9.97 Å². The van der Waals surface area contributed by atoms with Crippen molar-refractivity contribution in [1.29, 1.82) is 0 Å². The van der Waals surface area contributed by atoms with Crippen molar-refractivity contribution in [2.24, 2.45) is 0 Å². The van der Waals surface area contributed by atoms with Crippen LogP contribution in [0.3, 0.4) is 0 Å². The molecule has 0 radical (unpaired) electrons. The monoisotopic (exact) mass is 498 g/mol. The first-order valence-corrected chi connectivity index (χ1v) is 13.0. The second-order valence-corrected chi connectivity index (χ2v) is 10.1. The number of anilines is 1. The van der Waals surface area contributed by atoms with Crippen molar-refractivity contribution in [1.82, 2.24) is 24.8 Å². The van der Waals surface area contributed by atoms with E-state index < -0.39 is 0 Å². The lowest BCUT2D eigenvalue weighted by molar-refractivity contribution is -0.116. The first kappa shape index (κ1) is 25.0. The SMILES string of the molecule is CC(=O)N1CC[C@H]2CC[C@@H](CN(C(=O)c3cnc(C)nc3C)Cc3ccccc31)N2Cc1ccncc1. The molecule has 1 aromatic carbocycles. The maximum absolute atomic E-state index is 14.0. The highest BCUT2D eigenvalue weighted by Gasteiger charge is 2.37. The maximum Gasteiger partial charge on any atom is 0.257 e. The fraction of sp³-hybridized carbons (Fsp3) is 0.414. The zero-order valence-electron chi connectivity index (χ0n) is 21.8. The van der Waals surface area contributed by atoms with Crippen molar-refractivity contribution in [2.45, 2.75) is 65.2 Å². The highest BCUT2D eigenvalue weighted by Crippen LogP contribution is 2.33. The van der Waals surface area contributed by atoms with Gasteiger partial charge in [0.2, 0.25) is 5.91 Å². The second kappa shape index (κ2) is 10.8. The molecule has 2 aliphatic rings. The van der Waals surface area contributed by atoms with Crippen molar-refractivity contribution in [3.8, 4) is 0 Å². The van der Waals surface area contributed by atoms with Gasteiger partial charge in [-0.2, -0.15) is 0 Å². The number of fused-ring (bicyclic) bond motifs is 3. The predicted octanol–water partition coefficient (Wildman–Crippen LogP) is 3.92. The van der Waals surface area contributed by atoms with Gasteiger partial charge < -0.3 is 9.80 Å². The quantitative estimate of drug-likeness (QED) is 0.544. The summed E-state index contributed by atoms with van der Waals surface area (Å²) in [5.41, 5.74) is 4.26. The van der Waals surface area contributed by atoms with Gasteiger partial charge in [0.15, 0.2) is 0 Å². The maximum atomic E-state index is 14.0. The van der Waals surface area contributed by atoms with E-state index in [0.717, 1.165) is 37.1 Å². The number of para-hydroxylation sites is 1. The van der Waals surface area contributed by atoms with E-state index in [2.05, 4.69) is 32.0 Å². The fourth-order valence-electron chi connectivity index (χ4n) is 5.75. The first-order valence-electron chi connectivity index (χ1n) is 13.0. The van der Waals surface area contributed by atoms with E-state index in [9.17, 15) is 9.59 Å². The highest BCUT2D eigenvalue weighted by molar-refractivity contribution is 5.95. The van der Waals surface area contributed by atoms with Crippen LogP contribution < -0.4 is 4.90 Å². The van der Waals surface area contributed by atoms with E-state index in [-0.39, 0.29) is 17.9 Å². The number of aromatic nitrogens is 3. The van der Waals surface area contributed by atoms with Gasteiger partial charge in [0, 0.05) is 69.5 Å². The Labute approximate surface area is 218 Å².